The predicted molar refractivity (Wildman–Crippen MR) is 62.8 cm³/mol. The molecule has 2 rings (SSSR count). The zero-order chi connectivity index (χ0) is 9.80. The number of hydrogen-bond acceptors (Lipinski definition) is 0. The van der Waals surface area contributed by atoms with Gasteiger partial charge in [0.25, 0.3) is 0 Å². The Morgan fingerprint density at radius 2 is 0.929 bits per heavy atom. The zero-order valence-corrected chi connectivity index (χ0v) is 9.94. The van der Waals surface area contributed by atoms with Crippen LogP contribution in [0.5, 0.6) is 0 Å². The van der Waals surface area contributed by atoms with Gasteiger partial charge in [-0.3, -0.25) is 0 Å². The smallest absolute Gasteiger partial charge is 0.0398 e. The minimum atomic E-state index is 0.552. The predicted octanol–water partition coefficient (Wildman–Crippen LogP) is 4.75. The molecule has 2 saturated carbocycles. The molecular weight excluding hydrogens is 192 g/mol. The third-order valence-corrected chi connectivity index (χ3v) is 4.70. The lowest BCUT2D eigenvalue weighted by atomic mass is 10.0. The highest BCUT2D eigenvalue weighted by molar-refractivity contribution is 6.23. The summed E-state index contributed by atoms with van der Waals surface area (Å²) in [6.45, 7) is 0. The van der Waals surface area contributed by atoms with E-state index in [2.05, 4.69) is 0 Å². The van der Waals surface area contributed by atoms with E-state index in [1.807, 2.05) is 0 Å². The molecule has 2 aliphatic carbocycles. The molecule has 0 spiro atoms. The maximum atomic E-state index is 6.29. The fraction of sp³-hybridized carbons (Fsp3) is 1.00. The minimum Gasteiger partial charge on any atom is -0.122 e. The third-order valence-electron chi connectivity index (χ3n) is 4.05. The van der Waals surface area contributed by atoms with Crippen LogP contribution in [0.4, 0.5) is 0 Å². The molecular formula is C13H23Cl. The molecule has 0 aromatic rings. The van der Waals surface area contributed by atoms with Crippen molar-refractivity contribution in [2.24, 2.45) is 11.8 Å². The summed E-state index contributed by atoms with van der Waals surface area (Å²) in [5, 5.41) is 0.552. The van der Waals surface area contributed by atoms with Gasteiger partial charge in [-0.25, -0.2) is 0 Å². The van der Waals surface area contributed by atoms with Crippen LogP contribution < -0.4 is 0 Å². The molecule has 1 unspecified atom stereocenters. The Hall–Kier alpha value is 0.290. The van der Waals surface area contributed by atoms with Crippen LogP contribution in [0.25, 0.3) is 0 Å². The number of rotatable bonds is 0. The molecule has 0 aliphatic heterocycles. The van der Waals surface area contributed by atoms with Crippen molar-refractivity contribution < 1.29 is 0 Å². The summed E-state index contributed by atoms with van der Waals surface area (Å²) in [5.41, 5.74) is 0. The number of alkyl halides is 1. The van der Waals surface area contributed by atoms with Crippen LogP contribution in [0, 0.1) is 11.8 Å². The zero-order valence-electron chi connectivity index (χ0n) is 9.18. The van der Waals surface area contributed by atoms with Gasteiger partial charge in [-0.05, 0) is 24.7 Å². The molecule has 82 valence electrons. The van der Waals surface area contributed by atoms with Crippen LogP contribution in [0.3, 0.4) is 0 Å². The fourth-order valence-electron chi connectivity index (χ4n) is 2.97. The van der Waals surface area contributed by atoms with Crippen molar-refractivity contribution in [1.29, 1.82) is 0 Å². The van der Waals surface area contributed by atoms with Crippen molar-refractivity contribution in [3.8, 4) is 0 Å². The van der Waals surface area contributed by atoms with Crippen LogP contribution in [-0.4, -0.2) is 5.38 Å². The summed E-state index contributed by atoms with van der Waals surface area (Å²) in [5.74, 6) is 1.80. The Morgan fingerprint density at radius 1 is 0.571 bits per heavy atom. The van der Waals surface area contributed by atoms with Crippen molar-refractivity contribution in [2.45, 2.75) is 69.6 Å². The van der Waals surface area contributed by atoms with Gasteiger partial charge in [0.1, 0.15) is 0 Å². The molecule has 0 amide bonds. The second-order valence-corrected chi connectivity index (χ2v) is 5.68. The van der Waals surface area contributed by atoms with Gasteiger partial charge in [0.15, 0.2) is 0 Å². The highest BCUT2D eigenvalue weighted by Gasteiger charge is 2.46. The Kier molecular flexibility index (Phi) is 4.16. The minimum absolute atomic E-state index is 0.552. The van der Waals surface area contributed by atoms with Gasteiger partial charge in [-0.1, -0.05) is 51.4 Å². The molecule has 0 saturated heterocycles. The lowest BCUT2D eigenvalue weighted by Crippen LogP contribution is -1.89. The van der Waals surface area contributed by atoms with Crippen molar-refractivity contribution in [3.63, 3.8) is 0 Å². The monoisotopic (exact) mass is 214 g/mol. The lowest BCUT2D eigenvalue weighted by Gasteiger charge is -2.05. The van der Waals surface area contributed by atoms with Crippen LogP contribution in [-0.2, 0) is 0 Å². The largest absolute Gasteiger partial charge is 0.122 e. The molecule has 0 nitrogen and oxygen atoms in total. The van der Waals surface area contributed by atoms with Crippen molar-refractivity contribution >= 4 is 11.6 Å². The van der Waals surface area contributed by atoms with Crippen LogP contribution >= 0.6 is 11.6 Å². The average Bonchev–Trinajstić information content (AvgIpc) is 2.76. The fourth-order valence-corrected chi connectivity index (χ4v) is 3.51. The van der Waals surface area contributed by atoms with Gasteiger partial charge in [0, 0.05) is 5.38 Å². The standard InChI is InChI=1S/C13H23Cl/c14-13-11-9-7-5-3-1-2-4-6-8-10-12(11)13/h11-13H,1-10H2/t11-,12+,13?. The third kappa shape index (κ3) is 2.89. The molecule has 2 aliphatic rings. The molecule has 0 aromatic heterocycles. The normalized spacial score (nSPS) is 40.5. The van der Waals surface area contributed by atoms with E-state index >= 15 is 0 Å². The second kappa shape index (κ2) is 5.39. The van der Waals surface area contributed by atoms with Crippen molar-refractivity contribution in [1.82, 2.24) is 0 Å². The summed E-state index contributed by atoms with van der Waals surface area (Å²) in [6, 6.07) is 0. The molecule has 0 heterocycles. The average molecular weight is 215 g/mol. The molecule has 0 aromatic carbocycles. The molecule has 1 heteroatoms. The van der Waals surface area contributed by atoms with Crippen LogP contribution in [0.1, 0.15) is 64.2 Å². The maximum absolute atomic E-state index is 6.29. The molecule has 0 N–H and O–H groups in total. The first-order chi connectivity index (χ1) is 6.89. The summed E-state index contributed by atoms with van der Waals surface area (Å²) >= 11 is 6.29. The van der Waals surface area contributed by atoms with E-state index < -0.39 is 0 Å². The Morgan fingerprint density at radius 3 is 1.36 bits per heavy atom. The molecule has 3 atom stereocenters. The van der Waals surface area contributed by atoms with Gasteiger partial charge in [-0.15, -0.1) is 11.6 Å². The topological polar surface area (TPSA) is 0 Å². The quantitative estimate of drug-likeness (QED) is 0.511. The first-order valence-corrected chi connectivity index (χ1v) is 6.97. The molecule has 0 bridgehead atoms. The Bertz CT molecular complexity index is 149. The molecule has 14 heavy (non-hydrogen) atoms. The summed E-state index contributed by atoms with van der Waals surface area (Å²) in [6.07, 6.45) is 14.5. The van der Waals surface area contributed by atoms with Crippen LogP contribution in [0.2, 0.25) is 0 Å². The summed E-state index contributed by atoms with van der Waals surface area (Å²) in [7, 11) is 0. The molecule has 2 fully saturated rings. The second-order valence-electron chi connectivity index (χ2n) is 5.18. The van der Waals surface area contributed by atoms with Gasteiger partial charge >= 0.3 is 0 Å². The SMILES string of the molecule is ClC1[C@H]2CCCCCCCCCC[C@@H]12. The van der Waals surface area contributed by atoms with Gasteiger partial charge in [-0.2, -0.15) is 0 Å². The maximum Gasteiger partial charge on any atom is 0.0398 e. The van der Waals surface area contributed by atoms with E-state index in [4.69, 9.17) is 11.6 Å². The van der Waals surface area contributed by atoms with Gasteiger partial charge < -0.3 is 0 Å². The van der Waals surface area contributed by atoms with E-state index in [0.29, 0.717) is 5.38 Å². The van der Waals surface area contributed by atoms with E-state index in [1.165, 1.54) is 64.2 Å². The first-order valence-electron chi connectivity index (χ1n) is 6.53. The van der Waals surface area contributed by atoms with Crippen molar-refractivity contribution in [3.05, 3.63) is 0 Å². The van der Waals surface area contributed by atoms with Gasteiger partial charge in [0.2, 0.25) is 0 Å². The highest BCUT2D eigenvalue weighted by Crippen LogP contribution is 2.50. The van der Waals surface area contributed by atoms with Crippen molar-refractivity contribution in [2.75, 3.05) is 0 Å². The first kappa shape index (κ1) is 10.8. The Balaban J connectivity index is 1.72. The summed E-state index contributed by atoms with van der Waals surface area (Å²) in [4.78, 5) is 0. The van der Waals surface area contributed by atoms with E-state index in [-0.39, 0.29) is 0 Å². The summed E-state index contributed by atoms with van der Waals surface area (Å²) < 4.78 is 0. The number of fused-ring (bicyclic) bond motifs is 1. The van der Waals surface area contributed by atoms with E-state index in [0.717, 1.165) is 11.8 Å². The lowest BCUT2D eigenvalue weighted by molar-refractivity contribution is 0.491. The Labute approximate surface area is 93.4 Å². The highest BCUT2D eigenvalue weighted by atomic mass is 35.5. The molecule has 0 radical (unpaired) electrons. The number of halogens is 1. The van der Waals surface area contributed by atoms with Gasteiger partial charge in [0.05, 0.1) is 0 Å². The van der Waals surface area contributed by atoms with Crippen LogP contribution in [0.15, 0.2) is 0 Å². The number of hydrogen-bond donors (Lipinski definition) is 0. The van der Waals surface area contributed by atoms with E-state index in [1.54, 1.807) is 0 Å². The van der Waals surface area contributed by atoms with E-state index in [9.17, 15) is 0 Å².